The Morgan fingerprint density at radius 2 is 1.79 bits per heavy atom. The SMILES string of the molecule is CC(=O)NCc1ccc(-c2csc(NC(N)=NCc3ccccc3S(=O)(=O)N(C)C)n2)o1.O=C(O)C(=O)O. The molecule has 0 fully saturated rings. The number of carbonyl (C=O) groups is 3. The molecule has 3 aromatic rings. The predicted octanol–water partition coefficient (Wildman–Crippen LogP) is 1.37. The molecule has 3 rings (SSSR count). The molecule has 0 spiro atoms. The second-order valence-electron chi connectivity index (χ2n) is 7.55. The molecule has 0 atom stereocenters. The smallest absolute Gasteiger partial charge is 0.414 e. The van der Waals surface area contributed by atoms with Gasteiger partial charge in [0.15, 0.2) is 16.9 Å². The van der Waals surface area contributed by atoms with Crippen LogP contribution in [0.3, 0.4) is 0 Å². The van der Waals surface area contributed by atoms with Crippen molar-refractivity contribution in [1.82, 2.24) is 14.6 Å². The van der Waals surface area contributed by atoms with Gasteiger partial charge in [0.05, 0.1) is 18.0 Å². The fourth-order valence-corrected chi connectivity index (χ4v) is 4.48. The highest BCUT2D eigenvalue weighted by molar-refractivity contribution is 7.89. The normalized spacial score (nSPS) is 11.4. The van der Waals surface area contributed by atoms with E-state index < -0.39 is 22.0 Å². The van der Waals surface area contributed by atoms with Crippen molar-refractivity contribution in [2.45, 2.75) is 24.9 Å². The number of nitrogens with one attached hydrogen (secondary N) is 2. The number of rotatable bonds is 8. The number of anilines is 1. The monoisotopic (exact) mass is 566 g/mol. The highest BCUT2D eigenvalue weighted by Crippen LogP contribution is 2.26. The number of hydrogen-bond acceptors (Lipinski definition) is 9. The van der Waals surface area contributed by atoms with E-state index in [4.69, 9.17) is 30.0 Å². The standard InChI is InChI=1S/C20H24N6O4S2.C2H2O4/c1-13(27)22-11-15-8-9-17(30-15)16-12-31-20(24-16)25-19(21)23-10-14-6-4-5-7-18(14)32(28,29)26(2)3;3-1(4)2(5)6/h4-9,12H,10-11H2,1-3H3,(H,22,27)(H3,21,23,24,25);(H,3,4)(H,5,6). The van der Waals surface area contributed by atoms with E-state index in [1.807, 2.05) is 0 Å². The summed E-state index contributed by atoms with van der Waals surface area (Å²) < 4.78 is 31.8. The minimum atomic E-state index is -3.59. The Labute approximate surface area is 221 Å². The van der Waals surface area contributed by atoms with Gasteiger partial charge in [0.2, 0.25) is 15.9 Å². The van der Waals surface area contributed by atoms with Crippen LogP contribution in [0, 0.1) is 0 Å². The lowest BCUT2D eigenvalue weighted by Gasteiger charge is -2.14. The van der Waals surface area contributed by atoms with Crippen LogP contribution in [0.1, 0.15) is 18.2 Å². The Balaban J connectivity index is 0.000000757. The summed E-state index contributed by atoms with van der Waals surface area (Å²) in [6.45, 7) is 1.83. The van der Waals surface area contributed by atoms with Gasteiger partial charge in [0, 0.05) is 26.4 Å². The number of thiazole rings is 1. The summed E-state index contributed by atoms with van der Waals surface area (Å²) in [4.78, 5) is 38.1. The van der Waals surface area contributed by atoms with E-state index in [9.17, 15) is 13.2 Å². The van der Waals surface area contributed by atoms with Gasteiger partial charge in [-0.1, -0.05) is 18.2 Å². The van der Waals surface area contributed by atoms with Crippen LogP contribution in [0.25, 0.3) is 11.5 Å². The third kappa shape index (κ3) is 8.68. The number of sulfonamides is 1. The lowest BCUT2D eigenvalue weighted by Crippen LogP contribution is -2.24. The molecule has 0 saturated heterocycles. The van der Waals surface area contributed by atoms with Crippen molar-refractivity contribution in [3.8, 4) is 11.5 Å². The third-order valence-electron chi connectivity index (χ3n) is 4.50. The van der Waals surface area contributed by atoms with Crippen LogP contribution >= 0.6 is 11.3 Å². The Bertz CT molecular complexity index is 1420. The minimum absolute atomic E-state index is 0.0883. The average Bonchev–Trinajstić information content (AvgIpc) is 3.51. The van der Waals surface area contributed by atoms with Crippen LogP contribution in [0.4, 0.5) is 5.13 Å². The number of aliphatic carboxylic acids is 2. The summed E-state index contributed by atoms with van der Waals surface area (Å²) >= 11 is 1.32. The Morgan fingerprint density at radius 3 is 2.39 bits per heavy atom. The molecule has 6 N–H and O–H groups in total. The second-order valence-corrected chi connectivity index (χ2v) is 10.5. The van der Waals surface area contributed by atoms with Gasteiger partial charge < -0.3 is 31.0 Å². The zero-order valence-electron chi connectivity index (χ0n) is 20.5. The van der Waals surface area contributed by atoms with Crippen LogP contribution in [-0.2, 0) is 37.5 Å². The number of amides is 1. The molecule has 14 nitrogen and oxygen atoms in total. The van der Waals surface area contributed by atoms with Crippen molar-refractivity contribution in [1.29, 1.82) is 0 Å². The van der Waals surface area contributed by atoms with Crippen molar-refractivity contribution < 1.29 is 37.4 Å². The quantitative estimate of drug-likeness (QED) is 0.149. The molecule has 1 aromatic carbocycles. The van der Waals surface area contributed by atoms with Crippen LogP contribution in [0.2, 0.25) is 0 Å². The number of aliphatic imine (C=N–C) groups is 1. The number of guanidine groups is 1. The van der Waals surface area contributed by atoms with E-state index in [0.717, 1.165) is 4.31 Å². The molecule has 1 amide bonds. The molecule has 0 radical (unpaired) electrons. The van der Waals surface area contributed by atoms with Crippen LogP contribution < -0.4 is 16.4 Å². The molecular formula is C22H26N6O8S2. The molecule has 16 heteroatoms. The molecular weight excluding hydrogens is 540 g/mol. The molecule has 0 aliphatic heterocycles. The first-order valence-electron chi connectivity index (χ1n) is 10.6. The average molecular weight is 567 g/mol. The summed E-state index contributed by atoms with van der Waals surface area (Å²) in [6, 6.07) is 10.2. The van der Waals surface area contributed by atoms with Gasteiger partial charge in [-0.15, -0.1) is 11.3 Å². The highest BCUT2D eigenvalue weighted by atomic mass is 32.2. The fraction of sp³-hybridized carbons (Fsp3) is 0.227. The number of nitrogens with zero attached hydrogens (tertiary/aromatic N) is 3. The summed E-state index contributed by atoms with van der Waals surface area (Å²) in [5, 5.41) is 22.7. The van der Waals surface area contributed by atoms with Crippen molar-refractivity contribution >= 4 is 50.3 Å². The number of nitrogens with two attached hydrogens (primary N) is 1. The first-order valence-corrected chi connectivity index (χ1v) is 13.0. The number of furan rings is 1. The molecule has 0 bridgehead atoms. The number of carboxylic acid groups (broad SMARTS) is 2. The van der Waals surface area contributed by atoms with E-state index in [1.165, 1.54) is 32.4 Å². The van der Waals surface area contributed by atoms with Gasteiger partial charge in [0.25, 0.3) is 0 Å². The first-order chi connectivity index (χ1) is 17.8. The van der Waals surface area contributed by atoms with Crippen molar-refractivity contribution in [2.75, 3.05) is 19.4 Å². The third-order valence-corrected chi connectivity index (χ3v) is 7.17. The number of benzene rings is 1. The molecule has 0 unspecified atom stereocenters. The van der Waals surface area contributed by atoms with Gasteiger partial charge >= 0.3 is 11.9 Å². The summed E-state index contributed by atoms with van der Waals surface area (Å²) in [6.07, 6.45) is 0. The van der Waals surface area contributed by atoms with Crippen LogP contribution in [0.15, 0.2) is 56.1 Å². The number of carboxylic acids is 2. The van der Waals surface area contributed by atoms with E-state index in [0.29, 0.717) is 34.5 Å². The van der Waals surface area contributed by atoms with E-state index >= 15 is 0 Å². The highest BCUT2D eigenvalue weighted by Gasteiger charge is 2.20. The van der Waals surface area contributed by atoms with Gasteiger partial charge in [-0.05, 0) is 23.8 Å². The van der Waals surface area contributed by atoms with Crippen LogP contribution in [0.5, 0.6) is 0 Å². The van der Waals surface area contributed by atoms with Crippen LogP contribution in [-0.4, -0.2) is 65.8 Å². The van der Waals surface area contributed by atoms with Gasteiger partial charge in [-0.25, -0.2) is 32.3 Å². The lowest BCUT2D eigenvalue weighted by molar-refractivity contribution is -0.159. The maximum absolute atomic E-state index is 12.5. The first kappa shape index (κ1) is 29.9. The summed E-state index contributed by atoms with van der Waals surface area (Å²) in [7, 11) is -0.631. The van der Waals surface area contributed by atoms with E-state index in [2.05, 4.69) is 20.6 Å². The molecule has 204 valence electrons. The molecule has 0 saturated carbocycles. The zero-order valence-corrected chi connectivity index (χ0v) is 22.2. The van der Waals surface area contributed by atoms with E-state index in [1.54, 1.807) is 41.8 Å². The van der Waals surface area contributed by atoms with Gasteiger partial charge in [-0.2, -0.15) is 0 Å². The van der Waals surface area contributed by atoms with Crippen molar-refractivity contribution in [2.24, 2.45) is 10.7 Å². The maximum Gasteiger partial charge on any atom is 0.414 e. The Morgan fingerprint density at radius 1 is 1.13 bits per heavy atom. The minimum Gasteiger partial charge on any atom is -0.473 e. The van der Waals surface area contributed by atoms with E-state index in [-0.39, 0.29) is 23.3 Å². The molecule has 0 aliphatic rings. The molecule has 0 aliphatic carbocycles. The number of hydrogen-bond donors (Lipinski definition) is 5. The van der Waals surface area contributed by atoms with Crippen molar-refractivity contribution in [3.05, 3.63) is 53.1 Å². The predicted molar refractivity (Wildman–Crippen MR) is 139 cm³/mol. The largest absolute Gasteiger partial charge is 0.473 e. The Hall–Kier alpha value is -4.28. The molecule has 38 heavy (non-hydrogen) atoms. The molecule has 2 heterocycles. The van der Waals surface area contributed by atoms with Crippen molar-refractivity contribution in [3.63, 3.8) is 0 Å². The fourth-order valence-electron chi connectivity index (χ4n) is 2.67. The summed E-state index contributed by atoms with van der Waals surface area (Å²) in [5.74, 6) is -2.50. The lowest BCUT2D eigenvalue weighted by atomic mass is 10.2. The van der Waals surface area contributed by atoms with Gasteiger partial charge in [0.1, 0.15) is 11.5 Å². The zero-order chi connectivity index (χ0) is 28.5. The maximum atomic E-state index is 12.5. The van der Waals surface area contributed by atoms with Gasteiger partial charge in [-0.3, -0.25) is 4.79 Å². The Kier molecular flexibility index (Phi) is 10.5. The second kappa shape index (κ2) is 13.3. The number of aromatic nitrogens is 1. The number of carbonyl (C=O) groups excluding carboxylic acids is 1. The summed E-state index contributed by atoms with van der Waals surface area (Å²) in [5.41, 5.74) is 7.12. The molecule has 2 aromatic heterocycles. The topological polar surface area (TPSA) is 218 Å².